The number of amides is 1. The van der Waals surface area contributed by atoms with Gasteiger partial charge in [0.05, 0.1) is 21.3 Å². The fourth-order valence-electron chi connectivity index (χ4n) is 1.74. The number of nitrogens with zero attached hydrogens (tertiary/aromatic N) is 1. The van der Waals surface area contributed by atoms with Gasteiger partial charge in [0.2, 0.25) is 0 Å². The predicted molar refractivity (Wildman–Crippen MR) is 86.3 cm³/mol. The maximum Gasteiger partial charge on any atom is 0.265 e. The molecule has 0 fully saturated rings. The van der Waals surface area contributed by atoms with Gasteiger partial charge in [-0.15, -0.1) is 0 Å². The van der Waals surface area contributed by atoms with E-state index in [-0.39, 0.29) is 5.02 Å². The van der Waals surface area contributed by atoms with Crippen molar-refractivity contribution in [1.29, 1.82) is 5.26 Å². The van der Waals surface area contributed by atoms with Gasteiger partial charge in [0, 0.05) is 0 Å². The van der Waals surface area contributed by atoms with E-state index in [1.165, 1.54) is 0 Å². The standard InChI is InChI=1S/C16H12Cl2N2O2/c1-10(22-14-8-3-2-5-11(14)9-19)16(21)20-13-7-4-6-12(17)15(13)18/h2-8,10H,1H3,(H,20,21)/t10-/m1/s1. The Bertz CT molecular complexity index is 741. The molecule has 0 saturated carbocycles. The van der Waals surface area contributed by atoms with Gasteiger partial charge in [-0.05, 0) is 31.2 Å². The second-order valence-corrected chi connectivity index (χ2v) is 5.24. The van der Waals surface area contributed by atoms with E-state index >= 15 is 0 Å². The zero-order valence-corrected chi connectivity index (χ0v) is 13.2. The molecule has 4 nitrogen and oxygen atoms in total. The van der Waals surface area contributed by atoms with Crippen LogP contribution in [0.25, 0.3) is 0 Å². The molecule has 0 bridgehead atoms. The number of benzene rings is 2. The van der Waals surface area contributed by atoms with E-state index in [1.54, 1.807) is 49.4 Å². The Balaban J connectivity index is 2.10. The molecule has 0 aliphatic carbocycles. The summed E-state index contributed by atoms with van der Waals surface area (Å²) >= 11 is 11.9. The van der Waals surface area contributed by atoms with Crippen molar-refractivity contribution in [2.45, 2.75) is 13.0 Å². The monoisotopic (exact) mass is 334 g/mol. The van der Waals surface area contributed by atoms with Crippen molar-refractivity contribution in [3.63, 3.8) is 0 Å². The SMILES string of the molecule is C[C@@H](Oc1ccccc1C#N)C(=O)Nc1cccc(Cl)c1Cl. The Kier molecular flexibility index (Phi) is 5.26. The highest BCUT2D eigenvalue weighted by Gasteiger charge is 2.18. The van der Waals surface area contributed by atoms with E-state index in [0.717, 1.165) is 0 Å². The molecule has 0 spiro atoms. The van der Waals surface area contributed by atoms with Crippen LogP contribution in [0.5, 0.6) is 5.75 Å². The molecule has 0 heterocycles. The molecule has 0 unspecified atom stereocenters. The fraction of sp³-hybridized carbons (Fsp3) is 0.125. The van der Waals surface area contributed by atoms with Crippen LogP contribution in [0.4, 0.5) is 5.69 Å². The van der Waals surface area contributed by atoms with Gasteiger partial charge < -0.3 is 10.1 Å². The first-order valence-electron chi connectivity index (χ1n) is 6.43. The Labute approximate surface area is 138 Å². The lowest BCUT2D eigenvalue weighted by atomic mass is 10.2. The second-order valence-electron chi connectivity index (χ2n) is 4.46. The molecule has 0 radical (unpaired) electrons. The lowest BCUT2D eigenvalue weighted by Crippen LogP contribution is -2.30. The summed E-state index contributed by atoms with van der Waals surface area (Å²) in [5, 5.41) is 12.3. The number of nitriles is 1. The third-order valence-corrected chi connectivity index (χ3v) is 3.71. The van der Waals surface area contributed by atoms with Gasteiger partial charge in [-0.25, -0.2) is 0 Å². The van der Waals surface area contributed by atoms with E-state index < -0.39 is 12.0 Å². The zero-order valence-electron chi connectivity index (χ0n) is 11.6. The van der Waals surface area contributed by atoms with Crippen molar-refractivity contribution in [3.8, 4) is 11.8 Å². The molecule has 2 rings (SSSR count). The summed E-state index contributed by atoms with van der Waals surface area (Å²) in [5.41, 5.74) is 0.770. The highest BCUT2D eigenvalue weighted by atomic mass is 35.5. The van der Waals surface area contributed by atoms with Crippen molar-refractivity contribution >= 4 is 34.8 Å². The molecule has 0 aliphatic heterocycles. The number of hydrogen-bond donors (Lipinski definition) is 1. The summed E-state index contributed by atoms with van der Waals surface area (Å²) in [6.07, 6.45) is -0.801. The summed E-state index contributed by atoms with van der Waals surface area (Å²) in [6, 6.07) is 13.7. The van der Waals surface area contributed by atoms with Crippen molar-refractivity contribution in [2.75, 3.05) is 5.32 Å². The Morgan fingerprint density at radius 3 is 2.68 bits per heavy atom. The molecule has 0 saturated heterocycles. The number of ether oxygens (including phenoxy) is 1. The van der Waals surface area contributed by atoms with Gasteiger partial charge in [-0.2, -0.15) is 5.26 Å². The number of halogens is 2. The van der Waals surface area contributed by atoms with Crippen molar-refractivity contribution in [1.82, 2.24) is 0 Å². The predicted octanol–water partition coefficient (Wildman–Crippen LogP) is 4.27. The van der Waals surface area contributed by atoms with E-state index in [0.29, 0.717) is 22.0 Å². The zero-order chi connectivity index (χ0) is 16.1. The number of carbonyl (C=O) groups excluding carboxylic acids is 1. The summed E-state index contributed by atoms with van der Waals surface area (Å²) in [4.78, 5) is 12.2. The molecule has 1 N–H and O–H groups in total. The van der Waals surface area contributed by atoms with Crippen LogP contribution in [0, 0.1) is 11.3 Å². The molecular formula is C16H12Cl2N2O2. The number of para-hydroxylation sites is 1. The van der Waals surface area contributed by atoms with E-state index in [1.807, 2.05) is 6.07 Å². The molecule has 0 aliphatic rings. The van der Waals surface area contributed by atoms with Gasteiger partial charge in [-0.3, -0.25) is 4.79 Å². The lowest BCUT2D eigenvalue weighted by Gasteiger charge is -2.16. The normalized spacial score (nSPS) is 11.4. The molecule has 1 amide bonds. The fourth-order valence-corrected chi connectivity index (χ4v) is 2.09. The molecular weight excluding hydrogens is 323 g/mol. The van der Waals surface area contributed by atoms with E-state index in [4.69, 9.17) is 33.2 Å². The minimum atomic E-state index is -0.801. The topological polar surface area (TPSA) is 62.1 Å². The number of rotatable bonds is 4. The number of hydrogen-bond acceptors (Lipinski definition) is 3. The Hall–Kier alpha value is -2.22. The first kappa shape index (κ1) is 16.2. The average Bonchev–Trinajstić information content (AvgIpc) is 2.52. The van der Waals surface area contributed by atoms with Crippen LogP contribution in [0.3, 0.4) is 0 Å². The van der Waals surface area contributed by atoms with Crippen LogP contribution >= 0.6 is 23.2 Å². The highest BCUT2D eigenvalue weighted by molar-refractivity contribution is 6.44. The van der Waals surface area contributed by atoms with E-state index in [2.05, 4.69) is 5.32 Å². The van der Waals surface area contributed by atoms with Crippen LogP contribution in [0.1, 0.15) is 12.5 Å². The second kappa shape index (κ2) is 7.17. The highest BCUT2D eigenvalue weighted by Crippen LogP contribution is 2.29. The molecule has 2 aromatic carbocycles. The third-order valence-electron chi connectivity index (χ3n) is 2.89. The minimum Gasteiger partial charge on any atom is -0.480 e. The summed E-state index contributed by atoms with van der Waals surface area (Å²) in [7, 11) is 0. The van der Waals surface area contributed by atoms with Crippen LogP contribution in [0.2, 0.25) is 10.0 Å². The Morgan fingerprint density at radius 2 is 1.95 bits per heavy atom. The maximum atomic E-state index is 12.2. The summed E-state index contributed by atoms with van der Waals surface area (Å²) in [5.74, 6) is -0.0400. The first-order valence-corrected chi connectivity index (χ1v) is 7.19. The summed E-state index contributed by atoms with van der Waals surface area (Å²) in [6.45, 7) is 1.59. The Morgan fingerprint density at radius 1 is 1.23 bits per heavy atom. The van der Waals surface area contributed by atoms with Gasteiger partial charge in [0.1, 0.15) is 11.8 Å². The average molecular weight is 335 g/mol. The molecule has 22 heavy (non-hydrogen) atoms. The lowest BCUT2D eigenvalue weighted by molar-refractivity contribution is -0.122. The quantitative estimate of drug-likeness (QED) is 0.907. The van der Waals surface area contributed by atoms with Gasteiger partial charge in [0.15, 0.2) is 6.10 Å². The van der Waals surface area contributed by atoms with Crippen molar-refractivity contribution < 1.29 is 9.53 Å². The molecule has 2 aromatic rings. The first-order chi connectivity index (χ1) is 10.5. The minimum absolute atomic E-state index is 0.266. The molecule has 1 atom stereocenters. The number of nitrogens with one attached hydrogen (secondary N) is 1. The summed E-state index contributed by atoms with van der Waals surface area (Å²) < 4.78 is 5.53. The third kappa shape index (κ3) is 3.70. The molecule has 0 aromatic heterocycles. The van der Waals surface area contributed by atoms with Crippen LogP contribution in [-0.4, -0.2) is 12.0 Å². The molecule has 6 heteroatoms. The van der Waals surface area contributed by atoms with Crippen molar-refractivity contribution in [3.05, 3.63) is 58.1 Å². The number of carbonyl (C=O) groups is 1. The molecule has 112 valence electrons. The van der Waals surface area contributed by atoms with E-state index in [9.17, 15) is 4.79 Å². The smallest absolute Gasteiger partial charge is 0.265 e. The van der Waals surface area contributed by atoms with Gasteiger partial charge in [-0.1, -0.05) is 41.4 Å². The number of anilines is 1. The maximum absolute atomic E-state index is 12.2. The van der Waals surface area contributed by atoms with Crippen LogP contribution in [-0.2, 0) is 4.79 Å². The van der Waals surface area contributed by atoms with Crippen molar-refractivity contribution in [2.24, 2.45) is 0 Å². The van der Waals surface area contributed by atoms with Crippen LogP contribution in [0.15, 0.2) is 42.5 Å². The van der Waals surface area contributed by atoms with Gasteiger partial charge in [0.25, 0.3) is 5.91 Å². The van der Waals surface area contributed by atoms with Crippen LogP contribution < -0.4 is 10.1 Å². The largest absolute Gasteiger partial charge is 0.480 e. The van der Waals surface area contributed by atoms with Gasteiger partial charge >= 0.3 is 0 Å².